The molecule has 2 aromatic heterocycles. The summed E-state index contributed by atoms with van der Waals surface area (Å²) in [6.45, 7) is 8.38. The minimum Gasteiger partial charge on any atom is -0.342 e. The monoisotopic (exact) mass is 365 g/mol. The molecule has 1 aromatic carbocycles. The second kappa shape index (κ2) is 8.20. The number of aromatic amines is 1. The number of anilines is 1. The van der Waals surface area contributed by atoms with Crippen LogP contribution in [0.2, 0.25) is 0 Å². The van der Waals surface area contributed by atoms with Crippen molar-refractivity contribution in [2.75, 3.05) is 5.32 Å². The van der Waals surface area contributed by atoms with Gasteiger partial charge in [0.2, 0.25) is 5.91 Å². The number of rotatable bonds is 7. The number of amides is 1. The van der Waals surface area contributed by atoms with E-state index in [0.29, 0.717) is 11.7 Å². The van der Waals surface area contributed by atoms with Gasteiger partial charge in [-0.1, -0.05) is 39.8 Å². The van der Waals surface area contributed by atoms with Crippen molar-refractivity contribution in [1.29, 1.82) is 0 Å². The lowest BCUT2D eigenvalue weighted by molar-refractivity contribution is -0.119. The van der Waals surface area contributed by atoms with Crippen LogP contribution in [0.1, 0.15) is 51.9 Å². The number of hydrogen-bond donors (Lipinski definition) is 2. The van der Waals surface area contributed by atoms with Gasteiger partial charge < -0.3 is 9.88 Å². The molecule has 0 aliphatic heterocycles. The fourth-order valence-electron chi connectivity index (χ4n) is 2.99. The van der Waals surface area contributed by atoms with Crippen molar-refractivity contribution >= 4 is 11.6 Å². The number of benzene rings is 1. The highest BCUT2D eigenvalue weighted by Crippen LogP contribution is 2.24. The van der Waals surface area contributed by atoms with Crippen LogP contribution in [-0.4, -0.2) is 25.7 Å². The third-order valence-corrected chi connectivity index (χ3v) is 4.42. The maximum Gasteiger partial charge on any atom is 0.247 e. The van der Waals surface area contributed by atoms with Crippen LogP contribution in [0.3, 0.4) is 0 Å². The van der Waals surface area contributed by atoms with Crippen molar-refractivity contribution in [3.63, 3.8) is 0 Å². The number of nitrogens with zero attached hydrogens (tertiary/aromatic N) is 3. The molecule has 6 heteroatoms. The minimum absolute atomic E-state index is 0.0186. The van der Waals surface area contributed by atoms with Crippen molar-refractivity contribution < 1.29 is 4.79 Å². The lowest BCUT2D eigenvalue weighted by Gasteiger charge is -2.20. The van der Waals surface area contributed by atoms with Gasteiger partial charge in [-0.05, 0) is 36.6 Å². The van der Waals surface area contributed by atoms with Crippen LogP contribution in [0.25, 0.3) is 11.4 Å². The molecule has 0 fully saturated rings. The highest BCUT2D eigenvalue weighted by molar-refractivity contribution is 5.94. The molecule has 1 atom stereocenters. The van der Waals surface area contributed by atoms with Gasteiger partial charge >= 0.3 is 0 Å². The first kappa shape index (κ1) is 18.9. The Kier molecular flexibility index (Phi) is 5.74. The fourth-order valence-corrected chi connectivity index (χ4v) is 2.99. The number of nitrogens with one attached hydrogen (secondary N) is 2. The minimum atomic E-state index is -0.236. The number of hydrogen-bond acceptors (Lipinski definition) is 3. The zero-order valence-electron chi connectivity index (χ0n) is 16.3. The Balaban J connectivity index is 1.79. The van der Waals surface area contributed by atoms with Crippen molar-refractivity contribution in [2.45, 2.75) is 46.1 Å². The first-order valence-corrected chi connectivity index (χ1v) is 9.40. The van der Waals surface area contributed by atoms with E-state index >= 15 is 0 Å². The van der Waals surface area contributed by atoms with E-state index in [4.69, 9.17) is 0 Å². The average molecular weight is 365 g/mol. The van der Waals surface area contributed by atoms with E-state index in [1.807, 2.05) is 53.4 Å². The number of carbonyl (C=O) groups excluding carboxylic acids is 1. The summed E-state index contributed by atoms with van der Waals surface area (Å²) < 4.78 is 1.96. The van der Waals surface area contributed by atoms with Crippen molar-refractivity contribution in [2.24, 2.45) is 5.92 Å². The summed E-state index contributed by atoms with van der Waals surface area (Å²) in [6, 6.07) is 11.3. The van der Waals surface area contributed by atoms with Crippen LogP contribution in [0.4, 0.5) is 5.69 Å². The largest absolute Gasteiger partial charge is 0.342 e. The molecule has 0 bridgehead atoms. The Bertz CT molecular complexity index is 880. The summed E-state index contributed by atoms with van der Waals surface area (Å²) in [6.07, 6.45) is 4.65. The molecule has 1 amide bonds. The molecule has 2 N–H and O–H groups in total. The van der Waals surface area contributed by atoms with Crippen molar-refractivity contribution in [1.82, 2.24) is 19.7 Å². The zero-order chi connectivity index (χ0) is 19.4. The lowest BCUT2D eigenvalue weighted by Crippen LogP contribution is -2.26. The fraction of sp³-hybridized carbons (Fsp3) is 0.381. The highest BCUT2D eigenvalue weighted by atomic mass is 16.2. The molecule has 27 heavy (non-hydrogen) atoms. The average Bonchev–Trinajstić information content (AvgIpc) is 3.31. The van der Waals surface area contributed by atoms with Crippen LogP contribution in [0.5, 0.6) is 0 Å². The smallest absolute Gasteiger partial charge is 0.247 e. The van der Waals surface area contributed by atoms with E-state index in [-0.39, 0.29) is 17.9 Å². The summed E-state index contributed by atoms with van der Waals surface area (Å²) in [7, 11) is 0. The van der Waals surface area contributed by atoms with E-state index in [2.05, 4.69) is 48.2 Å². The zero-order valence-corrected chi connectivity index (χ0v) is 16.3. The molecule has 0 aliphatic rings. The summed E-state index contributed by atoms with van der Waals surface area (Å²) >= 11 is 0. The second-order valence-electron chi connectivity index (χ2n) is 7.54. The van der Waals surface area contributed by atoms with Gasteiger partial charge in [0.1, 0.15) is 11.9 Å². The molecule has 0 spiro atoms. The third kappa shape index (κ3) is 4.64. The van der Waals surface area contributed by atoms with Crippen LogP contribution in [0.15, 0.2) is 48.8 Å². The van der Waals surface area contributed by atoms with E-state index < -0.39 is 0 Å². The Hall–Kier alpha value is -2.89. The molecular weight excluding hydrogens is 338 g/mol. The van der Waals surface area contributed by atoms with Gasteiger partial charge in [-0.15, -0.1) is 0 Å². The molecule has 0 saturated heterocycles. The third-order valence-electron chi connectivity index (χ3n) is 4.42. The van der Waals surface area contributed by atoms with Crippen LogP contribution in [0, 0.1) is 5.92 Å². The van der Waals surface area contributed by atoms with Gasteiger partial charge in [0.05, 0.1) is 0 Å². The molecule has 3 rings (SSSR count). The summed E-state index contributed by atoms with van der Waals surface area (Å²) in [5.74, 6) is 2.17. The van der Waals surface area contributed by atoms with E-state index in [1.165, 1.54) is 0 Å². The van der Waals surface area contributed by atoms with Gasteiger partial charge in [-0.2, -0.15) is 5.10 Å². The molecule has 142 valence electrons. The first-order valence-electron chi connectivity index (χ1n) is 9.40. The lowest BCUT2D eigenvalue weighted by atomic mass is 10.0. The normalized spacial score (nSPS) is 12.5. The molecule has 0 aliphatic carbocycles. The number of H-pyrrole nitrogens is 1. The Morgan fingerprint density at radius 2 is 1.89 bits per heavy atom. The SMILES string of the molecule is CC(C)C[C@H](C(=O)Nc1cccc(-c2n[nH]c(C(C)C)n2)c1)n1cccc1. The van der Waals surface area contributed by atoms with Crippen LogP contribution < -0.4 is 5.32 Å². The summed E-state index contributed by atoms with van der Waals surface area (Å²) in [4.78, 5) is 17.5. The van der Waals surface area contributed by atoms with E-state index in [1.54, 1.807) is 0 Å². The second-order valence-corrected chi connectivity index (χ2v) is 7.54. The van der Waals surface area contributed by atoms with Gasteiger partial charge in [-0.3, -0.25) is 9.89 Å². The molecule has 3 aromatic rings. The quantitative estimate of drug-likeness (QED) is 0.641. The first-order chi connectivity index (χ1) is 12.9. The van der Waals surface area contributed by atoms with Gasteiger partial charge in [-0.25, -0.2) is 4.98 Å². The highest BCUT2D eigenvalue weighted by Gasteiger charge is 2.21. The maximum atomic E-state index is 12.9. The molecule has 0 saturated carbocycles. The predicted octanol–water partition coefficient (Wildman–Crippen LogP) is 4.62. The number of aromatic nitrogens is 4. The number of carbonyl (C=O) groups is 1. The molecule has 2 heterocycles. The topological polar surface area (TPSA) is 75.6 Å². The maximum absolute atomic E-state index is 12.9. The van der Waals surface area contributed by atoms with E-state index in [9.17, 15) is 4.79 Å². The Labute approximate surface area is 160 Å². The molecule has 6 nitrogen and oxygen atoms in total. The van der Waals surface area contributed by atoms with Gasteiger partial charge in [0.15, 0.2) is 5.82 Å². The molecular formula is C21H27N5O. The van der Waals surface area contributed by atoms with Crippen molar-refractivity contribution in [3.8, 4) is 11.4 Å². The van der Waals surface area contributed by atoms with Gasteiger partial charge in [0, 0.05) is 29.6 Å². The standard InChI is InChI=1S/C21H27N5O/c1-14(2)12-18(26-10-5-6-11-26)21(27)22-17-9-7-8-16(13-17)20-23-19(15(3)4)24-25-20/h5-11,13-15,18H,12H2,1-4H3,(H,22,27)(H,23,24,25)/t18-/m1/s1. The van der Waals surface area contributed by atoms with Crippen molar-refractivity contribution in [3.05, 3.63) is 54.6 Å². The predicted molar refractivity (Wildman–Crippen MR) is 107 cm³/mol. The van der Waals surface area contributed by atoms with E-state index in [0.717, 1.165) is 23.5 Å². The van der Waals surface area contributed by atoms with Gasteiger partial charge in [0.25, 0.3) is 0 Å². The molecule has 0 unspecified atom stereocenters. The Morgan fingerprint density at radius 3 is 2.52 bits per heavy atom. The van der Waals surface area contributed by atoms with Crippen LogP contribution in [-0.2, 0) is 4.79 Å². The molecule has 0 radical (unpaired) electrons. The summed E-state index contributed by atoms with van der Waals surface area (Å²) in [5.41, 5.74) is 1.62. The summed E-state index contributed by atoms with van der Waals surface area (Å²) in [5, 5.41) is 10.3. The van der Waals surface area contributed by atoms with Crippen LogP contribution >= 0.6 is 0 Å². The Morgan fingerprint density at radius 1 is 1.15 bits per heavy atom.